The van der Waals surface area contributed by atoms with Crippen molar-refractivity contribution in [3.05, 3.63) is 102 Å². The highest BCUT2D eigenvalue weighted by atomic mass is 35.5. The third kappa shape index (κ3) is 5.78. The monoisotopic (exact) mass is 548 g/mol. The lowest BCUT2D eigenvalue weighted by molar-refractivity contribution is 0.0432. The van der Waals surface area contributed by atoms with Gasteiger partial charge in [-0.05, 0) is 52.1 Å². The molecule has 1 heterocycles. The summed E-state index contributed by atoms with van der Waals surface area (Å²) in [5, 5.41) is 1.90. The average Bonchev–Trinajstić information content (AvgIpc) is 2.92. The fourth-order valence-electron chi connectivity index (χ4n) is 5.30. The highest BCUT2D eigenvalue weighted by Gasteiger charge is 2.30. The van der Waals surface area contributed by atoms with E-state index in [9.17, 15) is 13.2 Å². The van der Waals surface area contributed by atoms with Gasteiger partial charge in [-0.15, -0.1) is 12.4 Å². The molecule has 0 spiro atoms. The van der Waals surface area contributed by atoms with E-state index in [1.54, 1.807) is 12.1 Å². The average molecular weight is 549 g/mol. The van der Waals surface area contributed by atoms with Crippen LogP contribution in [0.4, 0.5) is 0 Å². The smallest absolute Gasteiger partial charge is 0.254 e. The molecule has 38 heavy (non-hydrogen) atoms. The second-order valence-electron chi connectivity index (χ2n) is 9.78. The van der Waals surface area contributed by atoms with E-state index in [4.69, 9.17) is 0 Å². The highest BCUT2D eigenvalue weighted by molar-refractivity contribution is 7.90. The number of piperazine rings is 1. The van der Waals surface area contributed by atoms with Gasteiger partial charge in [0.25, 0.3) is 5.91 Å². The fraction of sp³-hybridized carbons (Fsp3) is 0.258. The van der Waals surface area contributed by atoms with Gasteiger partial charge in [-0.1, -0.05) is 79.7 Å². The SMILES string of the molecule is CC[C@H]1CN(Cc2ccccc2)CCN1C(=O)c1ccc(-c2ccc(S(C)(=O)=O)cc2)c2ccccc12.Cl. The molecule has 1 saturated heterocycles. The quantitative estimate of drug-likeness (QED) is 0.293. The second kappa shape index (κ2) is 11.7. The molecule has 198 valence electrons. The molecule has 1 atom stereocenters. The molecule has 0 bridgehead atoms. The summed E-state index contributed by atoms with van der Waals surface area (Å²) in [5.74, 6) is 0.0707. The first kappa shape index (κ1) is 27.8. The van der Waals surface area contributed by atoms with Crippen LogP contribution in [0.3, 0.4) is 0 Å². The Morgan fingerprint density at radius 2 is 1.50 bits per heavy atom. The lowest BCUT2D eigenvalue weighted by Crippen LogP contribution is -2.54. The molecule has 0 aromatic heterocycles. The molecular weight excluding hydrogens is 516 g/mol. The first-order valence-corrected chi connectivity index (χ1v) is 14.6. The molecule has 0 aliphatic carbocycles. The van der Waals surface area contributed by atoms with Crippen molar-refractivity contribution >= 4 is 38.9 Å². The molecule has 4 aromatic rings. The van der Waals surface area contributed by atoms with Crippen LogP contribution >= 0.6 is 12.4 Å². The zero-order valence-corrected chi connectivity index (χ0v) is 23.3. The maximum atomic E-state index is 13.9. The fourth-order valence-corrected chi connectivity index (χ4v) is 5.93. The van der Waals surface area contributed by atoms with Crippen LogP contribution in [-0.2, 0) is 16.4 Å². The number of halogens is 1. The summed E-state index contributed by atoms with van der Waals surface area (Å²) in [6, 6.07) is 29.5. The van der Waals surface area contributed by atoms with Gasteiger partial charge < -0.3 is 4.90 Å². The number of amides is 1. The normalized spacial score (nSPS) is 16.3. The van der Waals surface area contributed by atoms with Gasteiger partial charge in [0.15, 0.2) is 9.84 Å². The van der Waals surface area contributed by atoms with Crippen molar-refractivity contribution < 1.29 is 13.2 Å². The van der Waals surface area contributed by atoms with E-state index in [0.717, 1.165) is 48.0 Å². The zero-order valence-electron chi connectivity index (χ0n) is 21.7. The minimum absolute atomic E-state index is 0. The Hall–Kier alpha value is -3.19. The number of benzene rings is 4. The third-order valence-corrected chi connectivity index (χ3v) is 8.42. The Kier molecular flexibility index (Phi) is 8.56. The predicted molar refractivity (Wildman–Crippen MR) is 157 cm³/mol. The number of hydrogen-bond donors (Lipinski definition) is 0. The lowest BCUT2D eigenvalue weighted by Gasteiger charge is -2.41. The summed E-state index contributed by atoms with van der Waals surface area (Å²) in [6.07, 6.45) is 2.11. The molecule has 4 aromatic carbocycles. The maximum Gasteiger partial charge on any atom is 0.254 e. The molecule has 0 unspecified atom stereocenters. The summed E-state index contributed by atoms with van der Waals surface area (Å²) in [7, 11) is -3.26. The molecule has 1 aliphatic rings. The Labute approximate surface area is 231 Å². The number of carbonyl (C=O) groups is 1. The van der Waals surface area contributed by atoms with E-state index in [0.29, 0.717) is 17.0 Å². The minimum atomic E-state index is -3.26. The van der Waals surface area contributed by atoms with E-state index in [-0.39, 0.29) is 24.4 Å². The molecule has 0 radical (unpaired) electrons. The van der Waals surface area contributed by atoms with Crippen molar-refractivity contribution in [2.75, 3.05) is 25.9 Å². The second-order valence-corrected chi connectivity index (χ2v) is 11.8. The molecule has 0 saturated carbocycles. The Bertz CT molecular complexity index is 1520. The van der Waals surface area contributed by atoms with E-state index in [2.05, 4.69) is 36.1 Å². The number of sulfone groups is 1. The first-order chi connectivity index (χ1) is 17.8. The molecule has 1 amide bonds. The number of hydrogen-bond acceptors (Lipinski definition) is 4. The van der Waals surface area contributed by atoms with Crippen LogP contribution in [0, 0.1) is 0 Å². The van der Waals surface area contributed by atoms with Crippen LogP contribution in [0.5, 0.6) is 0 Å². The molecule has 1 fully saturated rings. The van der Waals surface area contributed by atoms with Crippen molar-refractivity contribution in [2.24, 2.45) is 0 Å². The van der Waals surface area contributed by atoms with Crippen LogP contribution < -0.4 is 0 Å². The molecule has 1 aliphatic heterocycles. The van der Waals surface area contributed by atoms with Crippen molar-refractivity contribution in [3.8, 4) is 11.1 Å². The van der Waals surface area contributed by atoms with Crippen molar-refractivity contribution in [1.82, 2.24) is 9.80 Å². The number of carbonyl (C=O) groups excluding carboxylic acids is 1. The van der Waals surface area contributed by atoms with E-state index >= 15 is 0 Å². The van der Waals surface area contributed by atoms with Crippen LogP contribution in [0.15, 0.2) is 95.9 Å². The molecule has 5 rings (SSSR count). The standard InChI is InChI=1S/C31H32N2O3S.ClH/c1-3-25-22-32(21-23-9-5-4-6-10-23)19-20-33(25)31(34)30-18-17-27(28-11-7-8-12-29(28)30)24-13-15-26(16-14-24)37(2,35)36;/h4-18,25H,3,19-22H2,1-2H3;1H/t25-;/m0./s1. The molecular formula is C31H33ClN2O3S. The van der Waals surface area contributed by atoms with Gasteiger partial charge in [-0.25, -0.2) is 8.42 Å². The van der Waals surface area contributed by atoms with Crippen LogP contribution in [0.1, 0.15) is 29.3 Å². The summed E-state index contributed by atoms with van der Waals surface area (Å²) in [4.78, 5) is 18.7. The number of nitrogens with zero attached hydrogens (tertiary/aromatic N) is 2. The van der Waals surface area contributed by atoms with Crippen LogP contribution in [0.25, 0.3) is 21.9 Å². The lowest BCUT2D eigenvalue weighted by atomic mass is 9.94. The van der Waals surface area contributed by atoms with E-state index in [1.165, 1.54) is 11.8 Å². The van der Waals surface area contributed by atoms with E-state index in [1.807, 2.05) is 59.5 Å². The summed E-state index contributed by atoms with van der Waals surface area (Å²) in [5.41, 5.74) is 3.90. The Morgan fingerprint density at radius 3 is 2.16 bits per heavy atom. The van der Waals surface area contributed by atoms with Gasteiger partial charge in [-0.2, -0.15) is 0 Å². The van der Waals surface area contributed by atoms with Crippen molar-refractivity contribution in [2.45, 2.75) is 30.8 Å². The number of fused-ring (bicyclic) bond motifs is 1. The summed E-state index contributed by atoms with van der Waals surface area (Å²) < 4.78 is 23.8. The summed E-state index contributed by atoms with van der Waals surface area (Å²) >= 11 is 0. The molecule has 7 heteroatoms. The van der Waals surface area contributed by atoms with Gasteiger partial charge >= 0.3 is 0 Å². The minimum Gasteiger partial charge on any atom is -0.333 e. The Balaban J connectivity index is 0.00000336. The predicted octanol–water partition coefficient (Wildman–Crippen LogP) is 6.07. The van der Waals surface area contributed by atoms with E-state index < -0.39 is 9.84 Å². The maximum absolute atomic E-state index is 13.9. The molecule has 5 nitrogen and oxygen atoms in total. The largest absolute Gasteiger partial charge is 0.333 e. The van der Waals surface area contributed by atoms with Gasteiger partial charge in [0.05, 0.1) is 4.90 Å². The van der Waals surface area contributed by atoms with Crippen molar-refractivity contribution in [1.29, 1.82) is 0 Å². The van der Waals surface area contributed by atoms with Gasteiger partial charge in [0.1, 0.15) is 0 Å². The third-order valence-electron chi connectivity index (χ3n) is 7.30. The zero-order chi connectivity index (χ0) is 26.0. The Morgan fingerprint density at radius 1 is 0.842 bits per heavy atom. The first-order valence-electron chi connectivity index (χ1n) is 12.7. The van der Waals surface area contributed by atoms with Crippen molar-refractivity contribution in [3.63, 3.8) is 0 Å². The number of rotatable bonds is 6. The summed E-state index contributed by atoms with van der Waals surface area (Å²) in [6.45, 7) is 5.46. The topological polar surface area (TPSA) is 57.7 Å². The van der Waals surface area contributed by atoms with Crippen LogP contribution in [-0.4, -0.2) is 56.1 Å². The van der Waals surface area contributed by atoms with Gasteiger partial charge in [0.2, 0.25) is 0 Å². The molecule has 0 N–H and O–H groups in total. The van der Waals surface area contributed by atoms with Gasteiger partial charge in [-0.3, -0.25) is 9.69 Å². The highest BCUT2D eigenvalue weighted by Crippen LogP contribution is 2.33. The van der Waals surface area contributed by atoms with Crippen LogP contribution in [0.2, 0.25) is 0 Å². The van der Waals surface area contributed by atoms with Gasteiger partial charge in [0, 0.05) is 44.0 Å².